The third kappa shape index (κ3) is 2.77. The number of nitrogens with one attached hydrogen (secondary N) is 3. The van der Waals surface area contributed by atoms with Gasteiger partial charge in [0.25, 0.3) is 5.91 Å². The first-order valence-corrected chi connectivity index (χ1v) is 9.50. The van der Waals surface area contributed by atoms with Crippen molar-refractivity contribution in [2.75, 3.05) is 17.7 Å². The summed E-state index contributed by atoms with van der Waals surface area (Å²) in [4.78, 5) is 20.9. The van der Waals surface area contributed by atoms with Crippen LogP contribution in [0.5, 0.6) is 0 Å². The third-order valence-corrected chi connectivity index (χ3v) is 5.33. The summed E-state index contributed by atoms with van der Waals surface area (Å²) in [7, 11) is 3.48. The van der Waals surface area contributed by atoms with Crippen molar-refractivity contribution in [3.8, 4) is 11.4 Å². The zero-order valence-corrected chi connectivity index (χ0v) is 16.5. The average Bonchev–Trinajstić information content (AvgIpc) is 3.34. The number of aliphatic hydroxyl groups is 1. The molecule has 0 spiro atoms. The molecule has 8 nitrogen and oxygen atoms in total. The summed E-state index contributed by atoms with van der Waals surface area (Å²) in [6.07, 6.45) is 3.45. The lowest BCUT2D eigenvalue weighted by Gasteiger charge is -2.26. The molecule has 2 aromatic carbocycles. The van der Waals surface area contributed by atoms with E-state index < -0.39 is 5.85 Å². The molecule has 4 aromatic rings. The predicted octanol–water partition coefficient (Wildman–Crippen LogP) is 2.64. The topological polar surface area (TPSA) is 104 Å². The van der Waals surface area contributed by atoms with E-state index >= 15 is 0 Å². The number of nitrogens with zero attached hydrogens (tertiary/aromatic N) is 3. The molecule has 1 amide bonds. The van der Waals surface area contributed by atoms with E-state index in [0.717, 1.165) is 16.6 Å². The molecule has 0 saturated carbocycles. The van der Waals surface area contributed by atoms with Crippen molar-refractivity contribution in [1.82, 2.24) is 19.9 Å². The molecule has 0 fully saturated rings. The predicted molar refractivity (Wildman–Crippen MR) is 115 cm³/mol. The number of hydrogen-bond acceptors (Lipinski definition) is 6. The van der Waals surface area contributed by atoms with Crippen molar-refractivity contribution in [1.29, 1.82) is 0 Å². The van der Waals surface area contributed by atoms with Crippen LogP contribution in [0.1, 0.15) is 15.9 Å². The second kappa shape index (κ2) is 6.57. The fourth-order valence-electron chi connectivity index (χ4n) is 3.81. The zero-order chi connectivity index (χ0) is 20.9. The molecule has 30 heavy (non-hydrogen) atoms. The van der Waals surface area contributed by atoms with Crippen LogP contribution in [0.4, 0.5) is 11.4 Å². The maximum Gasteiger partial charge on any atom is 0.251 e. The number of amides is 1. The molecule has 0 bridgehead atoms. The number of rotatable bonds is 3. The summed E-state index contributed by atoms with van der Waals surface area (Å²) < 4.78 is 1.88. The van der Waals surface area contributed by atoms with E-state index in [-0.39, 0.29) is 5.91 Å². The minimum absolute atomic E-state index is 0.192. The molecule has 1 aliphatic rings. The molecule has 2 aromatic heterocycles. The Hall–Kier alpha value is -3.91. The summed E-state index contributed by atoms with van der Waals surface area (Å²) in [5.41, 5.74) is 4.76. The van der Waals surface area contributed by atoms with Gasteiger partial charge >= 0.3 is 0 Å². The lowest BCUT2D eigenvalue weighted by atomic mass is 10.0. The summed E-state index contributed by atoms with van der Waals surface area (Å²) >= 11 is 0. The van der Waals surface area contributed by atoms with Crippen LogP contribution >= 0.6 is 0 Å². The molecule has 3 heterocycles. The maximum absolute atomic E-state index is 12.0. The first-order valence-electron chi connectivity index (χ1n) is 9.50. The van der Waals surface area contributed by atoms with Gasteiger partial charge in [0.15, 0.2) is 0 Å². The molecular weight excluding hydrogens is 380 g/mol. The number of pyridine rings is 1. The number of fused-ring (bicyclic) bond motifs is 2. The Morgan fingerprint density at radius 3 is 2.70 bits per heavy atom. The number of anilines is 2. The Kier molecular flexibility index (Phi) is 3.97. The standard InChI is InChI=1S/C22H20N6O2/c1-23-21(29)13-7-8-17-18(9-13)27-22(30,26-17)15-10-19(20-11-24-12-28(20)2)25-16-6-4-3-5-14(15)16/h3-12,26-27,30H,1-2H3,(H,23,29). The normalized spacial score (nSPS) is 17.3. The Bertz CT molecular complexity index is 1300. The number of imidazole rings is 1. The molecule has 0 radical (unpaired) electrons. The van der Waals surface area contributed by atoms with Gasteiger partial charge in [0.2, 0.25) is 5.85 Å². The minimum atomic E-state index is -1.57. The number of benzene rings is 2. The molecule has 1 atom stereocenters. The summed E-state index contributed by atoms with van der Waals surface area (Å²) in [6.45, 7) is 0. The second-order valence-electron chi connectivity index (χ2n) is 7.26. The maximum atomic E-state index is 12.0. The number of aromatic nitrogens is 3. The Balaban J connectivity index is 1.65. The molecule has 4 N–H and O–H groups in total. The van der Waals surface area contributed by atoms with Crippen molar-refractivity contribution in [2.45, 2.75) is 5.85 Å². The van der Waals surface area contributed by atoms with E-state index in [9.17, 15) is 9.90 Å². The summed E-state index contributed by atoms with van der Waals surface area (Å²) in [5, 5.41) is 21.3. The van der Waals surface area contributed by atoms with Gasteiger partial charge in [0.1, 0.15) is 0 Å². The smallest absolute Gasteiger partial charge is 0.251 e. The van der Waals surface area contributed by atoms with Gasteiger partial charge in [0.05, 0.1) is 40.8 Å². The second-order valence-corrected chi connectivity index (χ2v) is 7.26. The Morgan fingerprint density at radius 1 is 1.13 bits per heavy atom. The van der Waals surface area contributed by atoms with Crippen LogP contribution < -0.4 is 16.0 Å². The van der Waals surface area contributed by atoms with Gasteiger partial charge in [0, 0.05) is 30.6 Å². The third-order valence-electron chi connectivity index (χ3n) is 5.33. The number of para-hydroxylation sites is 1. The van der Waals surface area contributed by atoms with E-state index in [1.807, 2.05) is 41.9 Å². The van der Waals surface area contributed by atoms with Gasteiger partial charge in [-0.1, -0.05) is 18.2 Å². The van der Waals surface area contributed by atoms with Crippen molar-refractivity contribution < 1.29 is 9.90 Å². The molecular formula is C22H20N6O2. The molecule has 1 aliphatic heterocycles. The van der Waals surface area contributed by atoms with Crippen molar-refractivity contribution in [3.05, 3.63) is 72.2 Å². The SMILES string of the molecule is CNC(=O)c1ccc2c(c1)NC(O)(c1cc(-c3cncn3C)nc3ccccc13)N2. The number of carbonyl (C=O) groups is 1. The number of hydrogen-bond donors (Lipinski definition) is 4. The zero-order valence-electron chi connectivity index (χ0n) is 16.5. The molecule has 0 saturated heterocycles. The average molecular weight is 400 g/mol. The van der Waals surface area contributed by atoms with Crippen molar-refractivity contribution >= 4 is 28.2 Å². The molecule has 8 heteroatoms. The van der Waals surface area contributed by atoms with Gasteiger partial charge in [-0.2, -0.15) is 0 Å². The number of aryl methyl sites for hydroxylation is 1. The monoisotopic (exact) mass is 400 g/mol. The van der Waals surface area contributed by atoms with Gasteiger partial charge in [-0.25, -0.2) is 9.97 Å². The highest BCUT2D eigenvalue weighted by Gasteiger charge is 2.38. The van der Waals surface area contributed by atoms with Crippen LogP contribution in [0.15, 0.2) is 61.1 Å². The highest BCUT2D eigenvalue weighted by Crippen LogP contribution is 2.41. The number of carbonyl (C=O) groups excluding carboxylic acids is 1. The van der Waals surface area contributed by atoms with E-state index in [1.165, 1.54) is 0 Å². The van der Waals surface area contributed by atoms with Gasteiger partial charge in [-0.05, 0) is 30.3 Å². The molecule has 1 unspecified atom stereocenters. The Labute approximate surface area is 172 Å². The van der Waals surface area contributed by atoms with E-state index in [4.69, 9.17) is 4.98 Å². The fraction of sp³-hybridized carbons (Fsp3) is 0.136. The largest absolute Gasteiger partial charge is 0.355 e. The first-order chi connectivity index (χ1) is 14.5. The van der Waals surface area contributed by atoms with Gasteiger partial charge < -0.3 is 25.6 Å². The minimum Gasteiger partial charge on any atom is -0.355 e. The summed E-state index contributed by atoms with van der Waals surface area (Å²) in [6, 6.07) is 14.7. The van der Waals surface area contributed by atoms with Crippen LogP contribution in [-0.4, -0.2) is 32.6 Å². The molecule has 5 rings (SSSR count). The van der Waals surface area contributed by atoms with E-state index in [1.54, 1.807) is 37.8 Å². The van der Waals surface area contributed by atoms with Gasteiger partial charge in [-0.3, -0.25) is 4.79 Å². The lowest BCUT2D eigenvalue weighted by molar-refractivity contribution is 0.0962. The van der Waals surface area contributed by atoms with Crippen LogP contribution in [0.2, 0.25) is 0 Å². The highest BCUT2D eigenvalue weighted by atomic mass is 16.3. The lowest BCUT2D eigenvalue weighted by Crippen LogP contribution is -2.38. The molecule has 0 aliphatic carbocycles. The fourth-order valence-corrected chi connectivity index (χ4v) is 3.81. The Morgan fingerprint density at radius 2 is 1.93 bits per heavy atom. The van der Waals surface area contributed by atoms with Crippen molar-refractivity contribution in [3.63, 3.8) is 0 Å². The van der Waals surface area contributed by atoms with Crippen LogP contribution in [0, 0.1) is 0 Å². The van der Waals surface area contributed by atoms with E-state index in [0.29, 0.717) is 28.2 Å². The van der Waals surface area contributed by atoms with Crippen LogP contribution in [0.3, 0.4) is 0 Å². The first kappa shape index (κ1) is 18.1. The summed E-state index contributed by atoms with van der Waals surface area (Å²) in [5.74, 6) is -1.76. The van der Waals surface area contributed by atoms with Crippen LogP contribution in [-0.2, 0) is 12.9 Å². The highest BCUT2D eigenvalue weighted by molar-refractivity contribution is 5.97. The van der Waals surface area contributed by atoms with Crippen LogP contribution in [0.25, 0.3) is 22.3 Å². The van der Waals surface area contributed by atoms with Gasteiger partial charge in [-0.15, -0.1) is 0 Å². The molecule has 150 valence electrons. The van der Waals surface area contributed by atoms with E-state index in [2.05, 4.69) is 20.9 Å². The quantitative estimate of drug-likeness (QED) is 0.422. The van der Waals surface area contributed by atoms with Crippen molar-refractivity contribution in [2.24, 2.45) is 7.05 Å².